The summed E-state index contributed by atoms with van der Waals surface area (Å²) in [6.07, 6.45) is 8.15. The molecule has 0 radical (unpaired) electrons. The summed E-state index contributed by atoms with van der Waals surface area (Å²) < 4.78 is 6.11. The number of hydrogen-bond donors (Lipinski definition) is 2. The molecule has 2 amide bonds. The van der Waals surface area contributed by atoms with Crippen LogP contribution in [0.5, 0.6) is 5.75 Å². The van der Waals surface area contributed by atoms with Gasteiger partial charge >= 0.3 is 0 Å². The molecule has 1 aliphatic carbocycles. The van der Waals surface area contributed by atoms with Gasteiger partial charge in [-0.05, 0) is 55.5 Å². The lowest BCUT2D eigenvalue weighted by Crippen LogP contribution is -2.21. The fourth-order valence-corrected chi connectivity index (χ4v) is 3.25. The Morgan fingerprint density at radius 3 is 2.50 bits per heavy atom. The molecule has 1 saturated carbocycles. The van der Waals surface area contributed by atoms with Crippen molar-refractivity contribution in [2.45, 2.75) is 38.3 Å². The number of ether oxygens (including phenoxy) is 1. The van der Waals surface area contributed by atoms with Crippen molar-refractivity contribution in [1.29, 1.82) is 0 Å². The Labute approximate surface area is 165 Å². The van der Waals surface area contributed by atoms with Crippen molar-refractivity contribution in [2.24, 2.45) is 0 Å². The lowest BCUT2D eigenvalue weighted by atomic mass is 10.1. The molecule has 2 N–H and O–H groups in total. The van der Waals surface area contributed by atoms with Gasteiger partial charge in [-0.3, -0.25) is 9.59 Å². The summed E-state index contributed by atoms with van der Waals surface area (Å²) in [6, 6.07) is 14.9. The third kappa shape index (κ3) is 5.46. The van der Waals surface area contributed by atoms with Crippen LogP contribution in [0, 0.1) is 0 Å². The topological polar surface area (TPSA) is 67.4 Å². The number of nitrogens with one attached hydrogen (secondary N) is 2. The summed E-state index contributed by atoms with van der Waals surface area (Å²) in [5.41, 5.74) is 2.42. The Balaban J connectivity index is 1.54. The van der Waals surface area contributed by atoms with Crippen LogP contribution in [0.25, 0.3) is 6.08 Å². The summed E-state index contributed by atoms with van der Waals surface area (Å²) in [6.45, 7) is 0.418. The third-order valence-electron chi connectivity index (χ3n) is 4.85. The Bertz CT molecular complexity index is 837. The van der Waals surface area contributed by atoms with Crippen molar-refractivity contribution < 1.29 is 14.3 Å². The van der Waals surface area contributed by atoms with Crippen LogP contribution < -0.4 is 15.4 Å². The fourth-order valence-electron chi connectivity index (χ4n) is 3.25. The minimum Gasteiger partial charge on any atom is -0.490 e. The van der Waals surface area contributed by atoms with E-state index in [-0.39, 0.29) is 17.9 Å². The van der Waals surface area contributed by atoms with Gasteiger partial charge in [0.15, 0.2) is 0 Å². The second kappa shape index (κ2) is 9.74. The SMILES string of the molecule is CNC(=O)c1ccc(/C=C/C(=O)NCc2ccccc2OC2CCCC2)cc1. The monoisotopic (exact) mass is 378 g/mol. The maximum Gasteiger partial charge on any atom is 0.251 e. The molecular formula is C23H26N2O3. The lowest BCUT2D eigenvalue weighted by molar-refractivity contribution is -0.116. The number of benzene rings is 2. The molecule has 1 aliphatic rings. The van der Waals surface area contributed by atoms with Gasteiger partial charge in [-0.25, -0.2) is 0 Å². The van der Waals surface area contributed by atoms with E-state index < -0.39 is 0 Å². The third-order valence-corrected chi connectivity index (χ3v) is 4.85. The highest BCUT2D eigenvalue weighted by Crippen LogP contribution is 2.26. The first-order valence-corrected chi connectivity index (χ1v) is 9.68. The van der Waals surface area contributed by atoms with Crippen LogP contribution in [0.2, 0.25) is 0 Å². The summed E-state index contributed by atoms with van der Waals surface area (Å²) in [4.78, 5) is 23.7. The Morgan fingerprint density at radius 1 is 1.07 bits per heavy atom. The molecule has 1 fully saturated rings. The highest BCUT2D eigenvalue weighted by atomic mass is 16.5. The zero-order valence-corrected chi connectivity index (χ0v) is 16.1. The van der Waals surface area contributed by atoms with Crippen molar-refractivity contribution in [3.8, 4) is 5.75 Å². The molecule has 0 bridgehead atoms. The number of para-hydroxylation sites is 1. The van der Waals surface area contributed by atoms with Crippen LogP contribution >= 0.6 is 0 Å². The molecule has 3 rings (SSSR count). The highest BCUT2D eigenvalue weighted by molar-refractivity contribution is 5.94. The molecule has 5 heteroatoms. The smallest absolute Gasteiger partial charge is 0.251 e. The molecule has 2 aromatic rings. The molecule has 0 atom stereocenters. The van der Waals surface area contributed by atoms with Gasteiger partial charge in [0, 0.05) is 30.8 Å². The van der Waals surface area contributed by atoms with E-state index in [0.717, 1.165) is 29.7 Å². The van der Waals surface area contributed by atoms with Gasteiger partial charge in [-0.2, -0.15) is 0 Å². The molecule has 0 heterocycles. The molecule has 28 heavy (non-hydrogen) atoms. The molecule has 0 spiro atoms. The van der Waals surface area contributed by atoms with Gasteiger partial charge in [0.05, 0.1) is 6.10 Å². The van der Waals surface area contributed by atoms with Gasteiger partial charge in [-0.1, -0.05) is 30.3 Å². The van der Waals surface area contributed by atoms with Crippen molar-refractivity contribution in [1.82, 2.24) is 10.6 Å². The second-order valence-corrected chi connectivity index (χ2v) is 6.88. The fraction of sp³-hybridized carbons (Fsp3) is 0.304. The molecule has 0 unspecified atom stereocenters. The molecule has 5 nitrogen and oxygen atoms in total. The zero-order valence-electron chi connectivity index (χ0n) is 16.1. The first-order chi connectivity index (χ1) is 13.7. The first-order valence-electron chi connectivity index (χ1n) is 9.68. The first kappa shape index (κ1) is 19.7. The molecule has 0 aliphatic heterocycles. The maximum atomic E-state index is 12.2. The summed E-state index contributed by atoms with van der Waals surface area (Å²) >= 11 is 0. The van der Waals surface area contributed by atoms with Gasteiger partial charge in [0.25, 0.3) is 5.91 Å². The van der Waals surface area contributed by atoms with Gasteiger partial charge < -0.3 is 15.4 Å². The lowest BCUT2D eigenvalue weighted by Gasteiger charge is -2.16. The normalized spacial score (nSPS) is 14.2. The number of amides is 2. The summed E-state index contributed by atoms with van der Waals surface area (Å²) in [7, 11) is 1.59. The minimum atomic E-state index is -0.175. The average Bonchev–Trinajstić information content (AvgIpc) is 3.24. The van der Waals surface area contributed by atoms with Crippen LogP contribution in [0.4, 0.5) is 0 Å². The number of rotatable bonds is 7. The molecule has 0 aromatic heterocycles. The number of carbonyl (C=O) groups excluding carboxylic acids is 2. The summed E-state index contributed by atoms with van der Waals surface area (Å²) in [5.74, 6) is 0.543. The largest absolute Gasteiger partial charge is 0.490 e. The summed E-state index contributed by atoms with van der Waals surface area (Å²) in [5, 5.41) is 5.48. The van der Waals surface area contributed by atoms with Crippen molar-refractivity contribution in [2.75, 3.05) is 7.05 Å². The Morgan fingerprint density at radius 2 is 1.79 bits per heavy atom. The molecule has 146 valence electrons. The van der Waals surface area contributed by atoms with E-state index in [4.69, 9.17) is 4.74 Å². The van der Waals surface area contributed by atoms with E-state index in [1.54, 1.807) is 37.4 Å². The quantitative estimate of drug-likeness (QED) is 0.722. The maximum absolute atomic E-state index is 12.2. The van der Waals surface area contributed by atoms with E-state index in [1.165, 1.54) is 18.9 Å². The average molecular weight is 378 g/mol. The van der Waals surface area contributed by atoms with Gasteiger partial charge in [0.1, 0.15) is 5.75 Å². The van der Waals surface area contributed by atoms with E-state index in [1.807, 2.05) is 24.3 Å². The standard InChI is InChI=1S/C23H26N2O3/c1-24-23(27)18-13-10-17(11-14-18)12-15-22(26)25-16-19-6-2-5-9-21(19)28-20-7-3-4-8-20/h2,5-6,9-15,20H,3-4,7-8,16H2,1H3,(H,24,27)(H,25,26)/b15-12+. The van der Waals surface area contributed by atoms with E-state index >= 15 is 0 Å². The predicted octanol–water partition coefficient (Wildman–Crippen LogP) is 3.70. The van der Waals surface area contributed by atoms with Gasteiger partial charge in [0.2, 0.25) is 5.91 Å². The van der Waals surface area contributed by atoms with Crippen LogP contribution in [0.15, 0.2) is 54.6 Å². The zero-order chi connectivity index (χ0) is 19.8. The van der Waals surface area contributed by atoms with E-state index in [9.17, 15) is 9.59 Å². The van der Waals surface area contributed by atoms with Gasteiger partial charge in [-0.15, -0.1) is 0 Å². The number of carbonyl (C=O) groups is 2. The van der Waals surface area contributed by atoms with Crippen molar-refractivity contribution in [3.63, 3.8) is 0 Å². The van der Waals surface area contributed by atoms with E-state index in [2.05, 4.69) is 10.6 Å². The van der Waals surface area contributed by atoms with Crippen LogP contribution in [-0.4, -0.2) is 25.0 Å². The predicted molar refractivity (Wildman–Crippen MR) is 110 cm³/mol. The van der Waals surface area contributed by atoms with Crippen LogP contribution in [0.1, 0.15) is 47.2 Å². The van der Waals surface area contributed by atoms with E-state index in [0.29, 0.717) is 12.1 Å². The Kier molecular flexibility index (Phi) is 6.84. The molecular weight excluding hydrogens is 352 g/mol. The number of hydrogen-bond acceptors (Lipinski definition) is 3. The van der Waals surface area contributed by atoms with Crippen molar-refractivity contribution >= 4 is 17.9 Å². The highest BCUT2D eigenvalue weighted by Gasteiger charge is 2.17. The molecule has 2 aromatic carbocycles. The van der Waals surface area contributed by atoms with Crippen LogP contribution in [-0.2, 0) is 11.3 Å². The molecule has 0 saturated heterocycles. The Hall–Kier alpha value is -3.08. The van der Waals surface area contributed by atoms with Crippen LogP contribution in [0.3, 0.4) is 0 Å². The second-order valence-electron chi connectivity index (χ2n) is 6.88. The van der Waals surface area contributed by atoms with Crippen molar-refractivity contribution in [3.05, 3.63) is 71.3 Å². The minimum absolute atomic E-state index is 0.133.